The van der Waals surface area contributed by atoms with Gasteiger partial charge in [0.25, 0.3) is 5.91 Å². The molecular formula is C24H25N5O2. The smallest absolute Gasteiger partial charge is 0.271 e. The van der Waals surface area contributed by atoms with Crippen LogP contribution in [0.25, 0.3) is 11.3 Å². The molecular weight excluding hydrogens is 390 g/mol. The molecule has 5 rings (SSSR count). The minimum absolute atomic E-state index is 0.0970. The van der Waals surface area contributed by atoms with Crippen LogP contribution in [0.1, 0.15) is 28.9 Å². The van der Waals surface area contributed by atoms with Gasteiger partial charge in [-0.05, 0) is 43.0 Å². The number of carbonyl (C=O) groups excluding carboxylic acids is 2. The molecule has 3 aromatic rings. The summed E-state index contributed by atoms with van der Waals surface area (Å²) in [5.41, 5.74) is 2.88. The molecule has 2 fully saturated rings. The van der Waals surface area contributed by atoms with Crippen LogP contribution in [0.15, 0.2) is 60.9 Å². The Morgan fingerprint density at radius 1 is 1.06 bits per heavy atom. The van der Waals surface area contributed by atoms with E-state index in [4.69, 9.17) is 0 Å². The van der Waals surface area contributed by atoms with E-state index in [1.54, 1.807) is 23.4 Å². The molecule has 1 N–H and O–H groups in total. The summed E-state index contributed by atoms with van der Waals surface area (Å²) in [6, 6.07) is 15.7. The Hall–Kier alpha value is -3.48. The summed E-state index contributed by atoms with van der Waals surface area (Å²) in [6.07, 6.45) is 5.80. The molecule has 0 radical (unpaired) electrons. The molecule has 1 unspecified atom stereocenters. The second-order valence-corrected chi connectivity index (χ2v) is 8.44. The largest absolute Gasteiger partial charge is 0.342 e. The van der Waals surface area contributed by atoms with Crippen LogP contribution in [0.4, 0.5) is 0 Å². The van der Waals surface area contributed by atoms with Crippen LogP contribution in [-0.4, -0.2) is 63.0 Å². The second-order valence-electron chi connectivity index (χ2n) is 8.44. The van der Waals surface area contributed by atoms with Crippen LogP contribution in [0.3, 0.4) is 0 Å². The summed E-state index contributed by atoms with van der Waals surface area (Å²) in [7, 11) is 0. The van der Waals surface area contributed by atoms with Gasteiger partial charge in [-0.2, -0.15) is 5.10 Å². The van der Waals surface area contributed by atoms with Crippen molar-refractivity contribution in [1.82, 2.24) is 25.0 Å². The minimum Gasteiger partial charge on any atom is -0.342 e. The molecule has 2 aromatic heterocycles. The van der Waals surface area contributed by atoms with E-state index in [1.165, 1.54) is 5.56 Å². The van der Waals surface area contributed by atoms with Crippen molar-refractivity contribution in [2.75, 3.05) is 26.2 Å². The second kappa shape index (κ2) is 7.98. The average molecular weight is 415 g/mol. The molecule has 31 heavy (non-hydrogen) atoms. The van der Waals surface area contributed by atoms with Crippen molar-refractivity contribution in [1.29, 1.82) is 0 Å². The minimum atomic E-state index is -0.430. The molecule has 158 valence electrons. The van der Waals surface area contributed by atoms with Crippen molar-refractivity contribution in [2.45, 2.75) is 19.3 Å². The molecule has 2 amide bonds. The van der Waals surface area contributed by atoms with E-state index in [-0.39, 0.29) is 11.8 Å². The zero-order chi connectivity index (χ0) is 21.3. The molecule has 1 spiro atoms. The highest BCUT2D eigenvalue weighted by atomic mass is 16.2. The number of H-pyrrole nitrogens is 1. The number of pyridine rings is 1. The van der Waals surface area contributed by atoms with Crippen molar-refractivity contribution in [3.63, 3.8) is 0 Å². The lowest BCUT2D eigenvalue weighted by Gasteiger charge is -2.23. The Balaban J connectivity index is 1.23. The molecule has 4 heterocycles. The van der Waals surface area contributed by atoms with E-state index in [9.17, 15) is 9.59 Å². The molecule has 2 saturated heterocycles. The summed E-state index contributed by atoms with van der Waals surface area (Å²) in [4.78, 5) is 34.0. The number of aromatic amines is 1. The van der Waals surface area contributed by atoms with E-state index in [0.29, 0.717) is 24.5 Å². The summed E-state index contributed by atoms with van der Waals surface area (Å²) in [6.45, 7) is 2.58. The summed E-state index contributed by atoms with van der Waals surface area (Å²) in [5, 5.41) is 7.13. The van der Waals surface area contributed by atoms with Crippen molar-refractivity contribution in [2.24, 2.45) is 5.41 Å². The van der Waals surface area contributed by atoms with Gasteiger partial charge in [0.1, 0.15) is 5.69 Å². The Labute approximate surface area is 181 Å². The molecule has 7 nitrogen and oxygen atoms in total. The van der Waals surface area contributed by atoms with E-state index < -0.39 is 5.41 Å². The monoisotopic (exact) mass is 415 g/mol. The number of hydrogen-bond acceptors (Lipinski definition) is 4. The molecule has 0 saturated carbocycles. The quantitative estimate of drug-likeness (QED) is 0.695. The van der Waals surface area contributed by atoms with Gasteiger partial charge in [-0.25, -0.2) is 0 Å². The molecule has 7 heteroatoms. The lowest BCUT2D eigenvalue weighted by Crippen LogP contribution is -2.39. The highest BCUT2D eigenvalue weighted by molar-refractivity contribution is 5.95. The van der Waals surface area contributed by atoms with Gasteiger partial charge in [0.05, 0.1) is 11.1 Å². The number of carbonyl (C=O) groups is 2. The molecule has 0 aliphatic carbocycles. The first-order chi connectivity index (χ1) is 15.1. The average Bonchev–Trinajstić information content (AvgIpc) is 3.55. The summed E-state index contributed by atoms with van der Waals surface area (Å²) < 4.78 is 0. The third kappa shape index (κ3) is 3.71. The number of aromatic nitrogens is 3. The first kappa shape index (κ1) is 19.5. The Bertz CT molecular complexity index is 1080. The van der Waals surface area contributed by atoms with Crippen molar-refractivity contribution in [3.8, 4) is 11.3 Å². The van der Waals surface area contributed by atoms with Gasteiger partial charge >= 0.3 is 0 Å². The summed E-state index contributed by atoms with van der Waals surface area (Å²) in [5.74, 6) is 0.0982. The predicted molar refractivity (Wildman–Crippen MR) is 116 cm³/mol. The predicted octanol–water partition coefficient (Wildman–Crippen LogP) is 2.78. The van der Waals surface area contributed by atoms with Gasteiger partial charge < -0.3 is 9.80 Å². The van der Waals surface area contributed by atoms with Crippen LogP contribution < -0.4 is 0 Å². The molecule has 0 bridgehead atoms. The number of amides is 2. The van der Waals surface area contributed by atoms with Crippen LogP contribution in [0.5, 0.6) is 0 Å². The lowest BCUT2D eigenvalue weighted by atomic mass is 9.85. The fourth-order valence-electron chi connectivity index (χ4n) is 4.71. The van der Waals surface area contributed by atoms with Crippen LogP contribution >= 0.6 is 0 Å². The Morgan fingerprint density at radius 3 is 2.65 bits per heavy atom. The van der Waals surface area contributed by atoms with Gasteiger partial charge in [-0.1, -0.05) is 30.3 Å². The first-order valence-electron chi connectivity index (χ1n) is 10.7. The standard InChI is InChI=1S/C24H25N5O2/c30-22(21-16-20(26-27-21)19-6-11-25-12-7-19)29-15-10-24(17-29)9-14-28(23(24)31)13-8-18-4-2-1-3-5-18/h1-7,11-12,16H,8-10,13-15,17H2,(H,26,27). The maximum atomic E-state index is 13.2. The number of hydrogen-bond donors (Lipinski definition) is 1. The van der Waals surface area contributed by atoms with Crippen LogP contribution in [-0.2, 0) is 11.2 Å². The third-order valence-corrected chi connectivity index (χ3v) is 6.54. The number of nitrogens with zero attached hydrogens (tertiary/aromatic N) is 4. The fraction of sp³-hybridized carbons (Fsp3) is 0.333. The highest BCUT2D eigenvalue weighted by Crippen LogP contribution is 2.41. The van der Waals surface area contributed by atoms with E-state index in [1.807, 2.05) is 35.2 Å². The number of nitrogens with one attached hydrogen (secondary N) is 1. The van der Waals surface area contributed by atoms with E-state index in [2.05, 4.69) is 27.3 Å². The fourth-order valence-corrected chi connectivity index (χ4v) is 4.71. The molecule has 2 aliphatic heterocycles. The van der Waals surface area contributed by atoms with Crippen molar-refractivity contribution >= 4 is 11.8 Å². The number of benzene rings is 1. The van der Waals surface area contributed by atoms with Gasteiger partial charge in [-0.3, -0.25) is 19.7 Å². The Kier molecular flexibility index (Phi) is 5.02. The lowest BCUT2D eigenvalue weighted by molar-refractivity contribution is -0.135. The first-order valence-corrected chi connectivity index (χ1v) is 10.7. The topological polar surface area (TPSA) is 82.2 Å². The number of likely N-dealkylation sites (tertiary alicyclic amines) is 2. The maximum Gasteiger partial charge on any atom is 0.271 e. The van der Waals surface area contributed by atoms with Crippen LogP contribution in [0, 0.1) is 5.41 Å². The SMILES string of the molecule is O=C(c1cc(-c2ccncc2)n[nH]1)N1CCC2(CCN(CCc3ccccc3)C2=O)C1. The van der Waals surface area contributed by atoms with E-state index in [0.717, 1.165) is 37.9 Å². The highest BCUT2D eigenvalue weighted by Gasteiger charge is 2.51. The molecule has 1 aromatic carbocycles. The maximum absolute atomic E-state index is 13.2. The Morgan fingerprint density at radius 2 is 1.84 bits per heavy atom. The van der Waals surface area contributed by atoms with Gasteiger partial charge in [-0.15, -0.1) is 0 Å². The van der Waals surface area contributed by atoms with Crippen molar-refractivity contribution in [3.05, 3.63) is 72.2 Å². The van der Waals surface area contributed by atoms with Gasteiger partial charge in [0.2, 0.25) is 5.91 Å². The molecule has 1 atom stereocenters. The zero-order valence-electron chi connectivity index (χ0n) is 17.3. The van der Waals surface area contributed by atoms with Gasteiger partial charge in [0.15, 0.2) is 0 Å². The van der Waals surface area contributed by atoms with Crippen molar-refractivity contribution < 1.29 is 9.59 Å². The summed E-state index contributed by atoms with van der Waals surface area (Å²) >= 11 is 0. The van der Waals surface area contributed by atoms with Gasteiger partial charge in [0, 0.05) is 44.1 Å². The van der Waals surface area contributed by atoms with Crippen LogP contribution in [0.2, 0.25) is 0 Å². The normalized spacial score (nSPS) is 20.7. The van der Waals surface area contributed by atoms with E-state index >= 15 is 0 Å². The zero-order valence-corrected chi connectivity index (χ0v) is 17.3. The molecule has 2 aliphatic rings. The number of rotatable bonds is 5. The third-order valence-electron chi connectivity index (χ3n) is 6.54.